The Morgan fingerprint density at radius 2 is 2.19 bits per heavy atom. The van der Waals surface area contributed by atoms with Crippen molar-refractivity contribution in [2.24, 2.45) is 24.3 Å². The Labute approximate surface area is 126 Å². The molecule has 3 atom stereocenters. The smallest absolute Gasteiger partial charge is 0.307 e. The van der Waals surface area contributed by atoms with Crippen molar-refractivity contribution in [1.82, 2.24) is 15.1 Å². The van der Waals surface area contributed by atoms with Gasteiger partial charge in [-0.3, -0.25) is 9.48 Å². The highest BCUT2D eigenvalue weighted by Gasteiger charge is 2.46. The van der Waals surface area contributed by atoms with E-state index >= 15 is 0 Å². The van der Waals surface area contributed by atoms with Gasteiger partial charge in [0.1, 0.15) is 0 Å². The third kappa shape index (κ3) is 3.12. The molecule has 2 N–H and O–H groups in total. The van der Waals surface area contributed by atoms with Crippen molar-refractivity contribution >= 4 is 5.97 Å². The van der Waals surface area contributed by atoms with Gasteiger partial charge in [-0.1, -0.05) is 20.8 Å². The minimum absolute atomic E-state index is 0.189. The van der Waals surface area contributed by atoms with Crippen LogP contribution in [-0.4, -0.2) is 26.9 Å². The second kappa shape index (κ2) is 5.79. The Hall–Kier alpha value is -1.36. The van der Waals surface area contributed by atoms with E-state index in [9.17, 15) is 9.90 Å². The maximum atomic E-state index is 11.4. The number of hydrogen-bond acceptors (Lipinski definition) is 3. The van der Waals surface area contributed by atoms with Crippen LogP contribution in [0.1, 0.15) is 44.9 Å². The van der Waals surface area contributed by atoms with Gasteiger partial charge in [0.2, 0.25) is 0 Å². The molecular weight excluding hydrogens is 266 g/mol. The van der Waals surface area contributed by atoms with Crippen LogP contribution in [0, 0.1) is 24.2 Å². The maximum Gasteiger partial charge on any atom is 0.307 e. The first-order valence-electron chi connectivity index (χ1n) is 7.68. The highest BCUT2D eigenvalue weighted by Crippen LogP contribution is 2.45. The molecule has 1 saturated carbocycles. The van der Waals surface area contributed by atoms with Crippen LogP contribution >= 0.6 is 0 Å². The molecule has 3 unspecified atom stereocenters. The average Bonchev–Trinajstić information content (AvgIpc) is 2.69. The molecule has 21 heavy (non-hydrogen) atoms. The van der Waals surface area contributed by atoms with E-state index in [0.29, 0.717) is 12.0 Å². The topological polar surface area (TPSA) is 67.2 Å². The second-order valence-electron chi connectivity index (χ2n) is 6.98. The van der Waals surface area contributed by atoms with E-state index in [0.717, 1.165) is 25.1 Å². The normalized spacial score (nSPS) is 28.5. The van der Waals surface area contributed by atoms with Crippen LogP contribution in [0.25, 0.3) is 0 Å². The van der Waals surface area contributed by atoms with Crippen molar-refractivity contribution in [3.63, 3.8) is 0 Å². The average molecular weight is 293 g/mol. The van der Waals surface area contributed by atoms with Crippen molar-refractivity contribution in [3.8, 4) is 0 Å². The summed E-state index contributed by atoms with van der Waals surface area (Å²) in [5, 5.41) is 17.4. The first kappa shape index (κ1) is 16.0. The van der Waals surface area contributed by atoms with Gasteiger partial charge in [0.05, 0.1) is 11.6 Å². The van der Waals surface area contributed by atoms with Gasteiger partial charge in [-0.05, 0) is 31.1 Å². The largest absolute Gasteiger partial charge is 0.481 e. The van der Waals surface area contributed by atoms with Crippen molar-refractivity contribution in [3.05, 3.63) is 17.5 Å². The number of aromatic nitrogens is 2. The SMILES string of the molecule is Cc1nn(C)cc1CNC1CCC(C(=O)O)C(C)(C)C1C. The molecular formula is C16H27N3O2. The first-order valence-corrected chi connectivity index (χ1v) is 7.68. The monoisotopic (exact) mass is 293 g/mol. The highest BCUT2D eigenvalue weighted by molar-refractivity contribution is 5.71. The Kier molecular flexibility index (Phi) is 4.42. The van der Waals surface area contributed by atoms with Crippen LogP contribution < -0.4 is 5.32 Å². The molecule has 0 aromatic carbocycles. The highest BCUT2D eigenvalue weighted by atomic mass is 16.4. The number of aliphatic carboxylic acids is 1. The zero-order chi connectivity index (χ0) is 15.8. The lowest BCUT2D eigenvalue weighted by atomic mass is 9.61. The van der Waals surface area contributed by atoms with Crippen LogP contribution in [0.5, 0.6) is 0 Å². The van der Waals surface area contributed by atoms with E-state index < -0.39 is 5.97 Å². The van der Waals surface area contributed by atoms with Crippen LogP contribution in [-0.2, 0) is 18.4 Å². The Bertz CT molecular complexity index is 522. The number of nitrogens with one attached hydrogen (secondary N) is 1. The van der Waals surface area contributed by atoms with E-state index in [4.69, 9.17) is 0 Å². The van der Waals surface area contributed by atoms with E-state index in [-0.39, 0.29) is 11.3 Å². The molecule has 0 bridgehead atoms. The summed E-state index contributed by atoms with van der Waals surface area (Å²) in [6, 6.07) is 0.357. The van der Waals surface area contributed by atoms with Gasteiger partial charge in [0, 0.05) is 31.4 Å². The Morgan fingerprint density at radius 1 is 1.52 bits per heavy atom. The van der Waals surface area contributed by atoms with Crippen molar-refractivity contribution in [2.45, 2.75) is 53.1 Å². The van der Waals surface area contributed by atoms with Crippen LogP contribution in [0.3, 0.4) is 0 Å². The third-order valence-corrected chi connectivity index (χ3v) is 5.41. The van der Waals surface area contributed by atoms with Gasteiger partial charge in [-0.15, -0.1) is 0 Å². The van der Waals surface area contributed by atoms with Crippen molar-refractivity contribution in [1.29, 1.82) is 0 Å². The van der Waals surface area contributed by atoms with Gasteiger partial charge < -0.3 is 10.4 Å². The predicted octanol–water partition coefficient (Wildman–Crippen LogP) is 2.34. The first-order chi connectivity index (χ1) is 9.73. The van der Waals surface area contributed by atoms with Crippen LogP contribution in [0.2, 0.25) is 0 Å². The molecule has 0 amide bonds. The number of carboxylic acids is 1. The van der Waals surface area contributed by atoms with Gasteiger partial charge in [-0.25, -0.2) is 0 Å². The second-order valence-corrected chi connectivity index (χ2v) is 6.98. The number of carbonyl (C=O) groups is 1. The number of carboxylic acid groups (broad SMARTS) is 1. The molecule has 2 rings (SSSR count). The van der Waals surface area contributed by atoms with Gasteiger partial charge in [0.15, 0.2) is 0 Å². The lowest BCUT2D eigenvalue weighted by Crippen LogP contribution is -2.50. The van der Waals surface area contributed by atoms with Crippen LogP contribution in [0.15, 0.2) is 6.20 Å². The van der Waals surface area contributed by atoms with E-state index in [2.05, 4.69) is 31.2 Å². The minimum Gasteiger partial charge on any atom is -0.481 e. The van der Waals surface area contributed by atoms with Gasteiger partial charge in [-0.2, -0.15) is 5.10 Å². The molecule has 5 nitrogen and oxygen atoms in total. The molecule has 118 valence electrons. The molecule has 1 aliphatic carbocycles. The predicted molar refractivity (Wildman–Crippen MR) is 81.9 cm³/mol. The van der Waals surface area contributed by atoms with E-state index in [1.165, 1.54) is 5.56 Å². The summed E-state index contributed by atoms with van der Waals surface area (Å²) in [5.41, 5.74) is 2.07. The molecule has 0 saturated heterocycles. The van der Waals surface area contributed by atoms with Crippen molar-refractivity contribution < 1.29 is 9.90 Å². The quantitative estimate of drug-likeness (QED) is 0.894. The minimum atomic E-state index is -0.659. The fourth-order valence-corrected chi connectivity index (χ4v) is 3.59. The third-order valence-electron chi connectivity index (χ3n) is 5.41. The number of nitrogens with zero attached hydrogens (tertiary/aromatic N) is 2. The van der Waals surface area contributed by atoms with Gasteiger partial charge in [0.25, 0.3) is 0 Å². The standard InChI is InChI=1S/C16H27N3O2/c1-10-14(7-6-13(15(20)21)16(10,3)4)17-8-12-9-19(5)18-11(12)2/h9-10,13-14,17H,6-8H2,1-5H3,(H,20,21). The summed E-state index contributed by atoms with van der Waals surface area (Å²) in [7, 11) is 1.93. The molecule has 1 aliphatic rings. The number of aryl methyl sites for hydroxylation is 2. The number of rotatable bonds is 4. The molecule has 1 heterocycles. The zero-order valence-corrected chi connectivity index (χ0v) is 13.7. The number of hydrogen-bond donors (Lipinski definition) is 2. The lowest BCUT2D eigenvalue weighted by Gasteiger charge is -2.46. The van der Waals surface area contributed by atoms with Crippen molar-refractivity contribution in [2.75, 3.05) is 0 Å². The summed E-state index contributed by atoms with van der Waals surface area (Å²) in [4.78, 5) is 11.4. The maximum absolute atomic E-state index is 11.4. The fourth-order valence-electron chi connectivity index (χ4n) is 3.59. The molecule has 5 heteroatoms. The van der Waals surface area contributed by atoms with E-state index in [1.807, 2.05) is 24.9 Å². The summed E-state index contributed by atoms with van der Waals surface area (Å²) in [5.74, 6) is -0.580. The Morgan fingerprint density at radius 3 is 2.71 bits per heavy atom. The molecule has 0 radical (unpaired) electrons. The molecule has 1 fully saturated rings. The Balaban J connectivity index is 2.02. The molecule has 1 aromatic heterocycles. The summed E-state index contributed by atoms with van der Waals surface area (Å²) < 4.78 is 1.83. The van der Waals surface area contributed by atoms with Gasteiger partial charge >= 0.3 is 5.97 Å². The van der Waals surface area contributed by atoms with E-state index in [1.54, 1.807) is 0 Å². The molecule has 1 aromatic rings. The fraction of sp³-hybridized carbons (Fsp3) is 0.750. The zero-order valence-electron chi connectivity index (χ0n) is 13.7. The molecule has 0 aliphatic heterocycles. The summed E-state index contributed by atoms with van der Waals surface area (Å²) in [6.07, 6.45) is 3.71. The lowest BCUT2D eigenvalue weighted by molar-refractivity contribution is -0.150. The summed E-state index contributed by atoms with van der Waals surface area (Å²) in [6.45, 7) is 9.15. The molecule has 0 spiro atoms. The van der Waals surface area contributed by atoms with Crippen LogP contribution in [0.4, 0.5) is 0 Å². The summed E-state index contributed by atoms with van der Waals surface area (Å²) >= 11 is 0.